The fraction of sp³-hybridized carbons (Fsp3) is 0.0667. The summed E-state index contributed by atoms with van der Waals surface area (Å²) >= 11 is 1.37. The minimum Gasteiger partial charge on any atom is -0.502 e. The summed E-state index contributed by atoms with van der Waals surface area (Å²) in [6.07, 6.45) is 1.33. The van der Waals surface area contributed by atoms with Gasteiger partial charge in [0, 0.05) is 17.0 Å². The van der Waals surface area contributed by atoms with E-state index in [-0.39, 0.29) is 0 Å². The summed E-state index contributed by atoms with van der Waals surface area (Å²) in [4.78, 5) is 22.5. The molecule has 0 bridgehead atoms. The van der Waals surface area contributed by atoms with Crippen molar-refractivity contribution in [3.63, 3.8) is 0 Å². The number of hydrogen-bond acceptors (Lipinski definition) is 4. The largest absolute Gasteiger partial charge is 0.502 e. The van der Waals surface area contributed by atoms with Crippen LogP contribution in [0.15, 0.2) is 52.9 Å². The van der Waals surface area contributed by atoms with E-state index in [4.69, 9.17) is 10.2 Å². The zero-order chi connectivity index (χ0) is 14.5. The van der Waals surface area contributed by atoms with Crippen molar-refractivity contribution >= 4 is 23.1 Å². The van der Waals surface area contributed by atoms with Crippen molar-refractivity contribution in [1.29, 1.82) is 0 Å². The number of thiophene rings is 1. The smallest absolute Gasteiger partial charge is 0.371 e. The molecule has 0 amide bonds. The van der Waals surface area contributed by atoms with Crippen molar-refractivity contribution in [1.82, 2.24) is 0 Å². The van der Waals surface area contributed by atoms with Gasteiger partial charge in [-0.3, -0.25) is 4.79 Å². The molecular weight excluding hydrogens is 276 g/mol. The van der Waals surface area contributed by atoms with Gasteiger partial charge in [-0.05, 0) is 22.9 Å². The zero-order valence-electron chi connectivity index (χ0n) is 10.4. The standard InChI is InChI=1S/C15H12O4S/c16-13(7-14(17)15(18)19)12-9-20-8-11(12)6-10-4-2-1-3-5-10/h1-5,7-9,17H,6H2,(H,18,19)/b14-7-. The Labute approximate surface area is 119 Å². The van der Waals surface area contributed by atoms with Gasteiger partial charge in [-0.25, -0.2) is 4.79 Å². The van der Waals surface area contributed by atoms with Gasteiger partial charge in [-0.2, -0.15) is 11.3 Å². The average molecular weight is 288 g/mol. The molecule has 20 heavy (non-hydrogen) atoms. The van der Waals surface area contributed by atoms with Crippen molar-refractivity contribution in [3.05, 3.63) is 69.6 Å². The third-order valence-corrected chi connectivity index (χ3v) is 3.52. The molecule has 2 rings (SSSR count). The Bertz CT molecular complexity index is 656. The molecule has 102 valence electrons. The molecule has 0 saturated carbocycles. The van der Waals surface area contributed by atoms with Crippen molar-refractivity contribution in [2.45, 2.75) is 6.42 Å². The predicted molar refractivity (Wildman–Crippen MR) is 76.2 cm³/mol. The van der Waals surface area contributed by atoms with Gasteiger partial charge in [0.05, 0.1) is 0 Å². The van der Waals surface area contributed by atoms with E-state index >= 15 is 0 Å². The summed E-state index contributed by atoms with van der Waals surface area (Å²) in [6, 6.07) is 9.66. The first-order valence-electron chi connectivity index (χ1n) is 5.85. The van der Waals surface area contributed by atoms with Gasteiger partial charge in [0.1, 0.15) is 0 Å². The second-order valence-corrected chi connectivity index (χ2v) is 4.92. The molecule has 0 aliphatic carbocycles. The first-order valence-corrected chi connectivity index (χ1v) is 6.79. The van der Waals surface area contributed by atoms with E-state index in [1.807, 2.05) is 35.7 Å². The summed E-state index contributed by atoms with van der Waals surface area (Å²) in [5.41, 5.74) is 2.30. The highest BCUT2D eigenvalue weighted by Gasteiger charge is 2.14. The molecule has 1 aromatic carbocycles. The molecular formula is C15H12O4S. The maximum absolute atomic E-state index is 11.9. The lowest BCUT2D eigenvalue weighted by atomic mass is 10.0. The summed E-state index contributed by atoms with van der Waals surface area (Å²) in [5.74, 6) is -2.97. The molecule has 2 N–H and O–H groups in total. The van der Waals surface area contributed by atoms with E-state index < -0.39 is 17.5 Å². The molecule has 0 aliphatic rings. The maximum atomic E-state index is 11.9. The van der Waals surface area contributed by atoms with Gasteiger partial charge in [-0.1, -0.05) is 30.3 Å². The summed E-state index contributed by atoms with van der Waals surface area (Å²) in [7, 11) is 0. The third-order valence-electron chi connectivity index (χ3n) is 2.73. The van der Waals surface area contributed by atoms with Gasteiger partial charge in [0.15, 0.2) is 5.78 Å². The number of carboxylic acids is 1. The second-order valence-electron chi connectivity index (χ2n) is 4.17. The quantitative estimate of drug-likeness (QED) is 0.504. The van der Waals surface area contributed by atoms with Crippen molar-refractivity contribution in [2.75, 3.05) is 0 Å². The number of allylic oxidation sites excluding steroid dienone is 1. The van der Waals surface area contributed by atoms with Crippen LogP contribution in [0.1, 0.15) is 21.5 Å². The molecule has 2 aromatic rings. The molecule has 0 fully saturated rings. The first-order chi connectivity index (χ1) is 9.58. The summed E-state index contributed by atoms with van der Waals surface area (Å²) in [5, 5.41) is 21.2. The molecule has 0 saturated heterocycles. The topological polar surface area (TPSA) is 74.6 Å². The number of ketones is 1. The number of aliphatic carboxylic acids is 1. The highest BCUT2D eigenvalue weighted by molar-refractivity contribution is 7.08. The second kappa shape index (κ2) is 6.16. The zero-order valence-corrected chi connectivity index (χ0v) is 11.3. The predicted octanol–water partition coefficient (Wildman–Crippen LogP) is 3.05. The Kier molecular flexibility index (Phi) is 4.32. The lowest BCUT2D eigenvalue weighted by molar-refractivity contribution is -0.135. The number of carboxylic acid groups (broad SMARTS) is 1. The molecule has 0 spiro atoms. The van der Waals surface area contributed by atoms with Crippen LogP contribution in [0.5, 0.6) is 0 Å². The van der Waals surface area contributed by atoms with Crippen LogP contribution in [-0.2, 0) is 11.2 Å². The maximum Gasteiger partial charge on any atom is 0.371 e. The van der Waals surface area contributed by atoms with Crippen LogP contribution in [0.3, 0.4) is 0 Å². The Hall–Kier alpha value is -2.40. The van der Waals surface area contributed by atoms with E-state index in [1.54, 1.807) is 5.38 Å². The van der Waals surface area contributed by atoms with E-state index in [0.29, 0.717) is 12.0 Å². The van der Waals surface area contributed by atoms with Gasteiger partial charge >= 0.3 is 5.97 Å². The van der Waals surface area contributed by atoms with Crippen LogP contribution in [0.2, 0.25) is 0 Å². The number of carbonyl (C=O) groups is 2. The molecule has 0 radical (unpaired) electrons. The normalized spacial score (nSPS) is 11.3. The fourth-order valence-corrected chi connectivity index (χ4v) is 2.60. The fourth-order valence-electron chi connectivity index (χ4n) is 1.76. The van der Waals surface area contributed by atoms with Crippen LogP contribution in [0.25, 0.3) is 0 Å². The monoisotopic (exact) mass is 288 g/mol. The number of hydrogen-bond donors (Lipinski definition) is 2. The van der Waals surface area contributed by atoms with Gasteiger partial charge in [0.25, 0.3) is 0 Å². The number of rotatable bonds is 5. The molecule has 0 atom stereocenters. The van der Waals surface area contributed by atoms with Crippen molar-refractivity contribution in [3.8, 4) is 0 Å². The van der Waals surface area contributed by atoms with Crippen LogP contribution < -0.4 is 0 Å². The average Bonchev–Trinajstić information content (AvgIpc) is 2.88. The Balaban J connectivity index is 2.23. The highest BCUT2D eigenvalue weighted by Crippen LogP contribution is 2.20. The molecule has 4 nitrogen and oxygen atoms in total. The van der Waals surface area contributed by atoms with Gasteiger partial charge in [-0.15, -0.1) is 0 Å². The third kappa shape index (κ3) is 3.33. The lowest BCUT2D eigenvalue weighted by Gasteiger charge is -2.02. The number of carbonyl (C=O) groups excluding carboxylic acids is 1. The van der Waals surface area contributed by atoms with Crippen LogP contribution in [-0.4, -0.2) is 22.0 Å². The van der Waals surface area contributed by atoms with Crippen molar-refractivity contribution in [2.24, 2.45) is 0 Å². The lowest BCUT2D eigenvalue weighted by Crippen LogP contribution is -2.05. The van der Waals surface area contributed by atoms with E-state index in [0.717, 1.165) is 17.2 Å². The van der Waals surface area contributed by atoms with Crippen LogP contribution >= 0.6 is 11.3 Å². The Morgan fingerprint density at radius 2 is 1.80 bits per heavy atom. The van der Waals surface area contributed by atoms with Crippen molar-refractivity contribution < 1.29 is 19.8 Å². The molecule has 1 aromatic heterocycles. The molecule has 0 unspecified atom stereocenters. The summed E-state index contributed by atoms with van der Waals surface area (Å²) in [6.45, 7) is 0. The molecule has 1 heterocycles. The minimum absolute atomic E-state index is 0.423. The Morgan fingerprint density at radius 1 is 1.10 bits per heavy atom. The Morgan fingerprint density at radius 3 is 2.45 bits per heavy atom. The highest BCUT2D eigenvalue weighted by atomic mass is 32.1. The first kappa shape index (κ1) is 14.0. The molecule has 0 aliphatic heterocycles. The number of benzene rings is 1. The number of aliphatic hydroxyl groups is 1. The van der Waals surface area contributed by atoms with E-state index in [9.17, 15) is 9.59 Å². The van der Waals surface area contributed by atoms with Crippen LogP contribution in [0.4, 0.5) is 0 Å². The van der Waals surface area contributed by atoms with E-state index in [2.05, 4.69) is 0 Å². The number of aliphatic hydroxyl groups excluding tert-OH is 1. The minimum atomic E-state index is -1.52. The molecule has 5 heteroatoms. The van der Waals surface area contributed by atoms with Gasteiger partial charge in [0.2, 0.25) is 5.76 Å². The SMILES string of the molecule is O=C(O)/C(O)=C/C(=O)c1cscc1Cc1ccccc1. The van der Waals surface area contributed by atoms with Gasteiger partial charge < -0.3 is 10.2 Å². The van der Waals surface area contributed by atoms with Crippen LogP contribution in [0, 0.1) is 0 Å². The summed E-state index contributed by atoms with van der Waals surface area (Å²) < 4.78 is 0. The van der Waals surface area contributed by atoms with E-state index in [1.165, 1.54) is 11.3 Å².